The number of rotatable bonds is 10. The van der Waals surface area contributed by atoms with Crippen molar-refractivity contribution in [2.24, 2.45) is 0 Å². The Labute approximate surface area is 184 Å². The third-order valence-corrected chi connectivity index (χ3v) is 13.1. The van der Waals surface area contributed by atoms with E-state index in [1.54, 1.807) is 19.7 Å². The molecular formula is C23H38FeOSn+2. The Morgan fingerprint density at radius 2 is 1.19 bits per heavy atom. The smallest absolute Gasteiger partial charge is 0.468 e. The molecule has 2 aliphatic rings. The van der Waals surface area contributed by atoms with Crippen LogP contribution in [0.3, 0.4) is 0 Å². The van der Waals surface area contributed by atoms with Gasteiger partial charge >= 0.3 is 109 Å². The van der Waals surface area contributed by atoms with E-state index in [1.165, 1.54) is 38.5 Å². The van der Waals surface area contributed by atoms with Gasteiger partial charge in [0.15, 0.2) is 0 Å². The summed E-state index contributed by atoms with van der Waals surface area (Å²) >= 11 is -0.839. The zero-order valence-electron chi connectivity index (χ0n) is 17.0. The van der Waals surface area contributed by atoms with Crippen LogP contribution in [0.1, 0.15) is 59.3 Å². The van der Waals surface area contributed by atoms with Gasteiger partial charge in [0.1, 0.15) is 0 Å². The Kier molecular flexibility index (Phi) is 27.6. The average molecular weight is 505 g/mol. The number of hydrogen-bond acceptors (Lipinski definition) is 1. The molecule has 0 aromatic rings. The second-order valence-corrected chi connectivity index (χ2v) is 14.9. The summed E-state index contributed by atoms with van der Waals surface area (Å²) in [5.74, 6) is 0.861. The van der Waals surface area contributed by atoms with E-state index in [0.717, 1.165) is 5.92 Å². The van der Waals surface area contributed by atoms with Crippen LogP contribution in [0, 0.1) is 63.7 Å². The van der Waals surface area contributed by atoms with Gasteiger partial charge in [-0.05, 0) is 32.1 Å². The largest absolute Gasteiger partial charge is 2.00 e. The molecule has 2 saturated carbocycles. The van der Waals surface area contributed by atoms with Crippen molar-refractivity contribution in [2.45, 2.75) is 72.6 Å². The van der Waals surface area contributed by atoms with E-state index >= 15 is 0 Å². The number of hydrogen-bond donors (Lipinski definition) is 1. The van der Waals surface area contributed by atoms with Gasteiger partial charge in [-0.15, -0.1) is 0 Å². The summed E-state index contributed by atoms with van der Waals surface area (Å²) in [5.41, 5.74) is 0. The number of unbranched alkanes of at least 4 members (excludes halogenated alkanes) is 3. The Hall–Kier alpha value is 1.28. The first-order valence-electron chi connectivity index (χ1n) is 10.0. The molecule has 0 spiro atoms. The van der Waals surface area contributed by atoms with Gasteiger partial charge in [-0.1, -0.05) is 12.8 Å². The van der Waals surface area contributed by atoms with Crippen LogP contribution in [0.25, 0.3) is 0 Å². The fourth-order valence-corrected chi connectivity index (χ4v) is 11.9. The molecule has 0 heterocycles. The van der Waals surface area contributed by atoms with E-state index < -0.39 is 19.8 Å². The zero-order valence-corrected chi connectivity index (χ0v) is 20.9. The fourth-order valence-electron chi connectivity index (χ4n) is 2.44. The van der Waals surface area contributed by atoms with Crippen LogP contribution in [-0.2, 0) is 17.1 Å². The maximum Gasteiger partial charge on any atom is 2.00 e. The third kappa shape index (κ3) is 20.0. The SMILES string of the molecule is CCC[CH2][Sn+]([CH2]CCC)[CH2]CCC.OC[C]1[C-][CH][CH][CH]1.[CH]1[CH][CH][CH][CH]1.[Fe+2]. The van der Waals surface area contributed by atoms with Crippen molar-refractivity contribution in [1.82, 2.24) is 0 Å². The molecular weight excluding hydrogens is 467 g/mol. The van der Waals surface area contributed by atoms with Crippen LogP contribution in [-0.4, -0.2) is 31.5 Å². The number of aliphatic hydroxyl groups excluding tert-OH is 1. The van der Waals surface area contributed by atoms with E-state index in [4.69, 9.17) is 5.11 Å². The van der Waals surface area contributed by atoms with Crippen LogP contribution >= 0.6 is 0 Å². The van der Waals surface area contributed by atoms with Gasteiger partial charge in [0, 0.05) is 6.61 Å². The van der Waals surface area contributed by atoms with Gasteiger partial charge in [0.25, 0.3) is 0 Å². The summed E-state index contributed by atoms with van der Waals surface area (Å²) in [4.78, 5) is 0. The van der Waals surface area contributed by atoms with Gasteiger partial charge < -0.3 is 11.5 Å². The fraction of sp³-hybridized carbons (Fsp3) is 0.565. The minimum Gasteiger partial charge on any atom is -0.468 e. The van der Waals surface area contributed by atoms with Crippen molar-refractivity contribution < 1.29 is 22.2 Å². The van der Waals surface area contributed by atoms with Crippen molar-refractivity contribution in [3.63, 3.8) is 0 Å². The summed E-state index contributed by atoms with van der Waals surface area (Å²) in [6.07, 6.45) is 27.2. The van der Waals surface area contributed by atoms with Crippen molar-refractivity contribution in [2.75, 3.05) is 6.61 Å². The quantitative estimate of drug-likeness (QED) is 0.279. The molecule has 1 nitrogen and oxygen atoms in total. The standard InChI is InChI=1S/C6H6O.C5H5.3C4H9.Fe.Sn/c7-5-6-3-1-2-4-6;1-2-4-5-3-1;3*1-3-4-2;;/h1-3,7H,5H2;1-5H;3*1,3-4H2,2H3;;/q-1;;;;;+2;+1. The maximum atomic E-state index is 8.40. The summed E-state index contributed by atoms with van der Waals surface area (Å²) in [6.45, 7) is 7.11. The van der Waals surface area contributed by atoms with Gasteiger partial charge in [-0.3, -0.25) is 0 Å². The van der Waals surface area contributed by atoms with Crippen molar-refractivity contribution in [3.05, 3.63) is 63.7 Å². The predicted octanol–water partition coefficient (Wildman–Crippen LogP) is 6.16. The van der Waals surface area contributed by atoms with Crippen LogP contribution < -0.4 is 0 Å². The molecule has 0 unspecified atom stereocenters. The molecule has 0 amide bonds. The van der Waals surface area contributed by atoms with E-state index in [0.29, 0.717) is 0 Å². The molecule has 2 rings (SSSR count). The van der Waals surface area contributed by atoms with Crippen molar-refractivity contribution in [1.29, 1.82) is 0 Å². The Morgan fingerprint density at radius 1 is 0.769 bits per heavy atom. The second kappa shape index (κ2) is 24.3. The molecule has 2 fully saturated rings. The minimum atomic E-state index is -0.839. The molecule has 26 heavy (non-hydrogen) atoms. The summed E-state index contributed by atoms with van der Waals surface area (Å²) in [5, 5.41) is 8.40. The summed E-state index contributed by atoms with van der Waals surface area (Å²) in [6, 6.07) is 0. The van der Waals surface area contributed by atoms with Gasteiger partial charge in [-0.2, -0.15) is 5.92 Å². The van der Waals surface area contributed by atoms with Crippen LogP contribution in [0.15, 0.2) is 0 Å². The molecule has 0 aromatic carbocycles. The molecule has 146 valence electrons. The van der Waals surface area contributed by atoms with Crippen molar-refractivity contribution in [3.8, 4) is 0 Å². The monoisotopic (exact) mass is 506 g/mol. The maximum absolute atomic E-state index is 8.40. The van der Waals surface area contributed by atoms with E-state index in [1.807, 2.05) is 44.9 Å². The minimum absolute atomic E-state index is 0. The third-order valence-electron chi connectivity index (χ3n) is 4.04. The van der Waals surface area contributed by atoms with Gasteiger partial charge in [-0.25, -0.2) is 6.42 Å². The Morgan fingerprint density at radius 3 is 1.42 bits per heavy atom. The molecule has 3 heteroatoms. The van der Waals surface area contributed by atoms with Gasteiger partial charge in [0.05, 0.1) is 0 Å². The van der Waals surface area contributed by atoms with Crippen LogP contribution in [0.5, 0.6) is 0 Å². The van der Waals surface area contributed by atoms with E-state index in [2.05, 4.69) is 27.2 Å². The summed E-state index contributed by atoms with van der Waals surface area (Å²) < 4.78 is 5.04. The van der Waals surface area contributed by atoms with Crippen molar-refractivity contribution >= 4 is 19.8 Å². The first-order chi connectivity index (χ1) is 12.3. The van der Waals surface area contributed by atoms with E-state index in [-0.39, 0.29) is 23.7 Å². The Balaban J connectivity index is 0. The molecule has 0 bridgehead atoms. The Bertz CT molecular complexity index is 214. The summed E-state index contributed by atoms with van der Waals surface area (Å²) in [7, 11) is 0. The molecule has 0 aliphatic heterocycles. The molecule has 0 atom stereocenters. The predicted molar refractivity (Wildman–Crippen MR) is 113 cm³/mol. The topological polar surface area (TPSA) is 20.2 Å². The molecule has 2 aliphatic carbocycles. The number of aliphatic hydroxyl groups is 1. The molecule has 0 saturated heterocycles. The first kappa shape index (κ1) is 29.5. The molecule has 1 N–H and O–H groups in total. The molecule has 10 radical (unpaired) electrons. The zero-order chi connectivity index (χ0) is 18.6. The van der Waals surface area contributed by atoms with E-state index in [9.17, 15) is 0 Å². The van der Waals surface area contributed by atoms with Gasteiger partial charge in [0.2, 0.25) is 0 Å². The van der Waals surface area contributed by atoms with Crippen LogP contribution in [0.2, 0.25) is 13.3 Å². The first-order valence-corrected chi connectivity index (χ1v) is 16.1. The second-order valence-electron chi connectivity index (χ2n) is 6.38. The molecule has 0 aromatic heterocycles. The average Bonchev–Trinajstić information content (AvgIpc) is 3.37. The van der Waals surface area contributed by atoms with Crippen LogP contribution in [0.4, 0.5) is 0 Å². The normalized spacial score (nSPS) is 16.2.